The maximum atomic E-state index is 13.3. The third kappa shape index (κ3) is 3.86. The van der Waals surface area contributed by atoms with E-state index in [-0.39, 0.29) is 9.80 Å². The van der Waals surface area contributed by atoms with Gasteiger partial charge in [-0.05, 0) is 60.5 Å². The summed E-state index contributed by atoms with van der Waals surface area (Å²) in [5.41, 5.74) is 2.46. The molecule has 0 N–H and O–H groups in total. The average molecular weight is 364 g/mol. The summed E-state index contributed by atoms with van der Waals surface area (Å²) in [6.07, 6.45) is 1.71. The lowest BCUT2D eigenvalue weighted by Crippen LogP contribution is -2.04. The molecule has 0 aliphatic carbocycles. The molecule has 0 bridgehead atoms. The zero-order valence-corrected chi connectivity index (χ0v) is 15.5. The normalized spacial score (nSPS) is 12.0. The lowest BCUT2D eigenvalue weighted by atomic mass is 10.1. The summed E-state index contributed by atoms with van der Waals surface area (Å²) >= 11 is 0. The number of hydrogen-bond donors (Lipinski definition) is 0. The van der Waals surface area contributed by atoms with Gasteiger partial charge < -0.3 is 4.74 Å². The van der Waals surface area contributed by atoms with Gasteiger partial charge >= 0.3 is 0 Å². The van der Waals surface area contributed by atoms with E-state index in [1.54, 1.807) is 61.7 Å². The Bertz CT molecular complexity index is 1000. The molecule has 3 rings (SSSR count). The van der Waals surface area contributed by atoms with E-state index in [1.807, 2.05) is 37.3 Å². The van der Waals surface area contributed by atoms with Gasteiger partial charge in [0.1, 0.15) is 5.75 Å². The highest BCUT2D eigenvalue weighted by Gasteiger charge is 2.22. The molecule has 0 spiro atoms. The summed E-state index contributed by atoms with van der Waals surface area (Å²) in [6.45, 7) is 1.93. The first kappa shape index (κ1) is 18.0. The Balaban J connectivity index is 2.16. The van der Waals surface area contributed by atoms with Crippen LogP contribution in [0.2, 0.25) is 0 Å². The van der Waals surface area contributed by atoms with E-state index in [4.69, 9.17) is 4.74 Å². The maximum Gasteiger partial charge on any atom is 0.207 e. The summed E-state index contributed by atoms with van der Waals surface area (Å²) in [7, 11) is -2.09. The molecule has 0 saturated heterocycles. The number of benzene rings is 3. The molecule has 132 valence electrons. The van der Waals surface area contributed by atoms with Gasteiger partial charge in [0.25, 0.3) is 0 Å². The summed E-state index contributed by atoms with van der Waals surface area (Å²) in [6, 6.07) is 23.4. The van der Waals surface area contributed by atoms with Crippen LogP contribution >= 0.6 is 0 Å². The number of hydrogen-bond acceptors (Lipinski definition) is 3. The van der Waals surface area contributed by atoms with Crippen molar-refractivity contribution in [3.63, 3.8) is 0 Å². The van der Waals surface area contributed by atoms with Crippen molar-refractivity contribution >= 4 is 20.8 Å². The van der Waals surface area contributed by atoms with Crippen molar-refractivity contribution in [1.82, 2.24) is 0 Å². The van der Waals surface area contributed by atoms with Crippen LogP contribution < -0.4 is 4.74 Å². The predicted octanol–water partition coefficient (Wildman–Crippen LogP) is 4.98. The highest BCUT2D eigenvalue weighted by molar-refractivity contribution is 8.00. The van der Waals surface area contributed by atoms with Crippen LogP contribution in [0.25, 0.3) is 11.0 Å². The van der Waals surface area contributed by atoms with Crippen molar-refractivity contribution in [3.8, 4) is 5.75 Å². The molecule has 0 aliphatic rings. The molecule has 3 nitrogen and oxygen atoms in total. The van der Waals surface area contributed by atoms with Crippen molar-refractivity contribution in [2.75, 3.05) is 7.11 Å². The van der Waals surface area contributed by atoms with Crippen molar-refractivity contribution in [1.29, 1.82) is 0 Å². The fraction of sp³-hybridized carbons (Fsp3) is 0.0909. The Morgan fingerprint density at radius 3 is 2.04 bits per heavy atom. The summed E-state index contributed by atoms with van der Waals surface area (Å²) in [4.78, 5) is 0.538. The molecule has 0 aliphatic heterocycles. The van der Waals surface area contributed by atoms with Crippen molar-refractivity contribution in [2.24, 2.45) is 0 Å². The molecule has 0 atom stereocenters. The van der Waals surface area contributed by atoms with Gasteiger partial charge in [-0.1, -0.05) is 48.0 Å². The van der Waals surface area contributed by atoms with Crippen LogP contribution in [-0.2, 0) is 9.84 Å². The number of methoxy groups -OCH3 is 1. The molecule has 0 aromatic heterocycles. The number of sulfone groups is 1. The minimum atomic E-state index is -3.67. The molecule has 4 heteroatoms. The summed E-state index contributed by atoms with van der Waals surface area (Å²) < 4.78 is 31.8. The molecular weight excluding hydrogens is 344 g/mol. The van der Waals surface area contributed by atoms with Crippen molar-refractivity contribution in [3.05, 3.63) is 95.6 Å². The summed E-state index contributed by atoms with van der Waals surface area (Å²) in [5.74, 6) is 0.681. The first-order valence-corrected chi connectivity index (χ1v) is 9.72. The van der Waals surface area contributed by atoms with E-state index in [0.717, 1.165) is 11.1 Å². The molecule has 3 aromatic carbocycles. The van der Waals surface area contributed by atoms with E-state index in [2.05, 4.69) is 0 Å². The SMILES string of the molecule is COc1ccc(/C(=C\c2ccccc2)S(=O)(=O)c2ccc(C)cc2)cc1. The molecule has 0 unspecified atom stereocenters. The van der Waals surface area contributed by atoms with E-state index in [0.29, 0.717) is 11.3 Å². The first-order chi connectivity index (χ1) is 12.5. The quantitative estimate of drug-likeness (QED) is 0.600. The second-order valence-electron chi connectivity index (χ2n) is 5.96. The van der Waals surface area contributed by atoms with Crippen LogP contribution in [-0.4, -0.2) is 15.5 Å². The first-order valence-electron chi connectivity index (χ1n) is 8.23. The smallest absolute Gasteiger partial charge is 0.207 e. The Morgan fingerprint density at radius 1 is 0.846 bits per heavy atom. The van der Waals surface area contributed by atoms with Gasteiger partial charge in [-0.2, -0.15) is 0 Å². The van der Waals surface area contributed by atoms with E-state index in [1.165, 1.54) is 0 Å². The molecule has 0 saturated carbocycles. The molecule has 0 amide bonds. The van der Waals surface area contributed by atoms with Crippen LogP contribution in [0.4, 0.5) is 0 Å². The maximum absolute atomic E-state index is 13.3. The molecular formula is C22H20O3S. The van der Waals surface area contributed by atoms with Crippen LogP contribution in [0.3, 0.4) is 0 Å². The summed E-state index contributed by atoms with van der Waals surface area (Å²) in [5, 5.41) is 0. The minimum Gasteiger partial charge on any atom is -0.497 e. The minimum absolute atomic E-state index is 0.259. The molecule has 0 radical (unpaired) electrons. The fourth-order valence-corrected chi connectivity index (χ4v) is 4.10. The van der Waals surface area contributed by atoms with Gasteiger partial charge in [0.15, 0.2) is 0 Å². The van der Waals surface area contributed by atoms with Gasteiger partial charge in [0.2, 0.25) is 9.84 Å². The highest BCUT2D eigenvalue weighted by Crippen LogP contribution is 2.31. The van der Waals surface area contributed by atoms with Gasteiger partial charge in [-0.15, -0.1) is 0 Å². The van der Waals surface area contributed by atoms with Crippen LogP contribution in [0.1, 0.15) is 16.7 Å². The number of ether oxygens (including phenoxy) is 1. The second-order valence-corrected chi connectivity index (χ2v) is 7.88. The lowest BCUT2D eigenvalue weighted by molar-refractivity contribution is 0.415. The Labute approximate surface area is 154 Å². The zero-order chi connectivity index (χ0) is 18.6. The van der Waals surface area contributed by atoms with Gasteiger partial charge in [-0.3, -0.25) is 0 Å². The fourth-order valence-electron chi connectivity index (χ4n) is 2.62. The third-order valence-electron chi connectivity index (χ3n) is 4.09. The highest BCUT2D eigenvalue weighted by atomic mass is 32.2. The number of aryl methyl sites for hydroxylation is 1. The van der Waals surface area contributed by atoms with E-state index in [9.17, 15) is 8.42 Å². The molecule has 0 heterocycles. The predicted molar refractivity (Wildman–Crippen MR) is 106 cm³/mol. The number of rotatable bonds is 5. The lowest BCUT2D eigenvalue weighted by Gasteiger charge is -2.11. The molecule has 26 heavy (non-hydrogen) atoms. The molecule has 3 aromatic rings. The largest absolute Gasteiger partial charge is 0.497 e. The Hall–Kier alpha value is -2.85. The third-order valence-corrected chi connectivity index (χ3v) is 5.92. The Kier molecular flexibility index (Phi) is 5.24. The van der Waals surface area contributed by atoms with Crippen LogP contribution in [0, 0.1) is 6.92 Å². The Morgan fingerprint density at radius 2 is 1.46 bits per heavy atom. The average Bonchev–Trinajstić information content (AvgIpc) is 2.67. The van der Waals surface area contributed by atoms with E-state index < -0.39 is 9.84 Å². The van der Waals surface area contributed by atoms with Crippen LogP contribution in [0.15, 0.2) is 83.8 Å². The van der Waals surface area contributed by atoms with Gasteiger partial charge in [0, 0.05) is 0 Å². The standard InChI is InChI=1S/C22H20O3S/c1-17-8-14-21(15-9-17)26(23,24)22(16-18-6-4-3-5-7-18)19-10-12-20(25-2)13-11-19/h3-16H,1-2H3/b22-16+. The van der Waals surface area contributed by atoms with E-state index >= 15 is 0 Å². The monoisotopic (exact) mass is 364 g/mol. The molecule has 0 fully saturated rings. The van der Waals surface area contributed by atoms with Crippen LogP contribution in [0.5, 0.6) is 5.75 Å². The van der Waals surface area contributed by atoms with Crippen molar-refractivity contribution < 1.29 is 13.2 Å². The second kappa shape index (κ2) is 7.58. The van der Waals surface area contributed by atoms with Gasteiger partial charge in [-0.25, -0.2) is 8.42 Å². The van der Waals surface area contributed by atoms with Gasteiger partial charge in [0.05, 0.1) is 16.9 Å². The van der Waals surface area contributed by atoms with Crippen molar-refractivity contribution in [2.45, 2.75) is 11.8 Å². The topological polar surface area (TPSA) is 43.4 Å². The zero-order valence-electron chi connectivity index (χ0n) is 14.7.